The summed E-state index contributed by atoms with van der Waals surface area (Å²) in [4.78, 5) is 15.5. The molecule has 210 valence electrons. The van der Waals surface area contributed by atoms with Gasteiger partial charge in [-0.15, -0.1) is 4.40 Å². The number of rotatable bonds is 6. The lowest BCUT2D eigenvalue weighted by molar-refractivity contribution is -0.134. The summed E-state index contributed by atoms with van der Waals surface area (Å²) in [7, 11) is -7.67. The van der Waals surface area contributed by atoms with Crippen molar-refractivity contribution >= 4 is 37.3 Å². The summed E-state index contributed by atoms with van der Waals surface area (Å²) in [5, 5.41) is 14.0. The second-order valence-electron chi connectivity index (χ2n) is 11.5. The van der Waals surface area contributed by atoms with E-state index in [4.69, 9.17) is 0 Å². The van der Waals surface area contributed by atoms with Gasteiger partial charge < -0.3 is 15.3 Å². The van der Waals surface area contributed by atoms with Crippen LogP contribution >= 0.6 is 0 Å². The lowest BCUT2D eigenvalue weighted by atomic mass is 9.77. The van der Waals surface area contributed by atoms with Crippen molar-refractivity contribution in [3.63, 3.8) is 0 Å². The Balaban J connectivity index is 1.25. The van der Waals surface area contributed by atoms with Gasteiger partial charge in [-0.1, -0.05) is 18.2 Å². The van der Waals surface area contributed by atoms with E-state index in [0.717, 1.165) is 24.8 Å². The zero-order valence-corrected chi connectivity index (χ0v) is 23.1. The summed E-state index contributed by atoms with van der Waals surface area (Å²) >= 11 is 0. The maximum Gasteiger partial charge on any atom is 0.286 e. The van der Waals surface area contributed by atoms with Crippen LogP contribution in [0.2, 0.25) is 0 Å². The molecule has 12 heteroatoms. The van der Waals surface area contributed by atoms with Crippen LogP contribution in [0.3, 0.4) is 0 Å². The molecule has 2 aromatic carbocycles. The van der Waals surface area contributed by atoms with Crippen molar-refractivity contribution < 1.29 is 31.1 Å². The van der Waals surface area contributed by atoms with Crippen LogP contribution in [0.1, 0.15) is 43.2 Å². The molecule has 2 aromatic rings. The van der Waals surface area contributed by atoms with Gasteiger partial charge in [0.25, 0.3) is 15.9 Å². The number of carbonyl (C=O) groups excluding carboxylic acids is 1. The fourth-order valence-electron chi connectivity index (χ4n) is 7.01. The lowest BCUT2D eigenvalue weighted by Crippen LogP contribution is -2.53. The van der Waals surface area contributed by atoms with Gasteiger partial charge in [-0.2, -0.15) is 8.42 Å². The van der Waals surface area contributed by atoms with Gasteiger partial charge in [-0.05, 0) is 79.3 Å². The number of aliphatic hydroxyl groups excluding tert-OH is 1. The van der Waals surface area contributed by atoms with Crippen molar-refractivity contribution in [3.05, 3.63) is 70.7 Å². The van der Waals surface area contributed by atoms with E-state index in [1.165, 1.54) is 24.3 Å². The first-order valence-electron chi connectivity index (χ1n) is 13.5. The highest BCUT2D eigenvalue weighted by Crippen LogP contribution is 2.55. The summed E-state index contributed by atoms with van der Waals surface area (Å²) in [6.45, 7) is 0.190. The molecule has 3 saturated carbocycles. The van der Waals surface area contributed by atoms with Gasteiger partial charge in [0.15, 0.2) is 15.7 Å². The number of benzene rings is 2. The molecule has 3 fully saturated rings. The molecular formula is C28H28FN3O6S2. The Morgan fingerprint density at radius 2 is 1.73 bits per heavy atom. The third kappa shape index (κ3) is 4.14. The van der Waals surface area contributed by atoms with Crippen LogP contribution in [-0.2, 0) is 37.0 Å². The van der Waals surface area contributed by atoms with Crippen LogP contribution in [0.25, 0.3) is 0 Å². The molecule has 2 aliphatic heterocycles. The van der Waals surface area contributed by atoms with Crippen LogP contribution in [0.4, 0.5) is 10.1 Å². The topological polar surface area (TPSA) is 133 Å². The van der Waals surface area contributed by atoms with E-state index >= 15 is 0 Å². The molecule has 7 rings (SSSR count). The van der Waals surface area contributed by atoms with E-state index in [-0.39, 0.29) is 74.9 Å². The number of anilines is 1. The summed E-state index contributed by atoms with van der Waals surface area (Å²) in [5.41, 5.74) is 1.05. The van der Waals surface area contributed by atoms with Crippen molar-refractivity contribution in [1.29, 1.82) is 0 Å². The molecule has 0 spiro atoms. The third-order valence-corrected chi connectivity index (χ3v) is 12.5. The normalized spacial score (nSPS) is 28.7. The van der Waals surface area contributed by atoms with E-state index in [0.29, 0.717) is 18.4 Å². The highest BCUT2D eigenvalue weighted by molar-refractivity contribution is 7.91. The number of halogens is 1. The molecular weight excluding hydrogens is 557 g/mol. The molecule has 2 heterocycles. The minimum atomic E-state index is -4.31. The van der Waals surface area contributed by atoms with Crippen molar-refractivity contribution in [2.75, 3.05) is 5.32 Å². The number of hydrogen-bond donors (Lipinski definition) is 2. The predicted molar refractivity (Wildman–Crippen MR) is 145 cm³/mol. The van der Waals surface area contributed by atoms with Crippen LogP contribution in [0.15, 0.2) is 63.1 Å². The van der Waals surface area contributed by atoms with E-state index < -0.39 is 25.8 Å². The lowest BCUT2D eigenvalue weighted by Gasteiger charge is -2.44. The van der Waals surface area contributed by atoms with Gasteiger partial charge in [0.2, 0.25) is 0 Å². The number of sulfone groups is 1. The van der Waals surface area contributed by atoms with Crippen LogP contribution in [0.5, 0.6) is 0 Å². The van der Waals surface area contributed by atoms with Gasteiger partial charge in [0, 0.05) is 18.5 Å². The first-order valence-corrected chi connectivity index (χ1v) is 16.6. The van der Waals surface area contributed by atoms with E-state index in [2.05, 4.69) is 9.71 Å². The average molecular weight is 586 g/mol. The average Bonchev–Trinajstić information content (AvgIpc) is 3.58. The fraction of sp³-hybridized carbons (Fsp3) is 0.429. The Labute approximate surface area is 231 Å². The molecule has 0 radical (unpaired) electrons. The number of amidine groups is 1. The molecule has 4 atom stereocenters. The summed E-state index contributed by atoms with van der Waals surface area (Å²) in [5.74, 6) is -1.53. The first kappa shape index (κ1) is 25.7. The Kier molecular flexibility index (Phi) is 5.70. The zero-order valence-electron chi connectivity index (χ0n) is 21.5. The highest BCUT2D eigenvalue weighted by atomic mass is 32.2. The van der Waals surface area contributed by atoms with Gasteiger partial charge >= 0.3 is 0 Å². The minimum absolute atomic E-state index is 0.144. The smallest absolute Gasteiger partial charge is 0.286 e. The maximum absolute atomic E-state index is 14.0. The Morgan fingerprint density at radius 1 is 1.02 bits per heavy atom. The van der Waals surface area contributed by atoms with E-state index in [9.17, 15) is 31.1 Å². The molecule has 40 heavy (non-hydrogen) atoms. The molecule has 1 amide bonds. The summed E-state index contributed by atoms with van der Waals surface area (Å²) in [6, 6.07) is 9.98. The quantitative estimate of drug-likeness (QED) is 0.528. The number of sulfonamides is 1. The van der Waals surface area contributed by atoms with E-state index in [1.54, 1.807) is 23.1 Å². The molecule has 2 N–H and O–H groups in total. The van der Waals surface area contributed by atoms with Gasteiger partial charge in [-0.25, -0.2) is 12.8 Å². The van der Waals surface area contributed by atoms with E-state index in [1.807, 2.05) is 0 Å². The summed E-state index contributed by atoms with van der Waals surface area (Å²) in [6.07, 6.45) is 3.97. The van der Waals surface area contributed by atoms with Gasteiger partial charge in [0.05, 0.1) is 16.7 Å². The Morgan fingerprint density at radius 3 is 2.45 bits per heavy atom. The fourth-order valence-corrected chi connectivity index (χ4v) is 9.92. The number of nitrogens with zero attached hydrogens (tertiary/aromatic N) is 2. The standard InChI is InChI=1S/C28H28FN3O6S2/c29-19-6-1-15(2-7-19)13-32-25-18-5-4-17(12-18)23(25)26(33)24(28(32)34)27-30-21-10-3-16(11-22(21)40(37,38)31-27)14-39(35,36)20-8-9-20/h1-3,6-7,10-11,17-18,20,23,25,33H,4-5,8-9,12-14H2,(H,30,31)/t17-,18+,23?,25?/m0/s1. The minimum Gasteiger partial charge on any atom is -0.511 e. The molecule has 0 saturated heterocycles. The van der Waals surface area contributed by atoms with Crippen molar-refractivity contribution in [2.45, 2.75) is 60.6 Å². The highest BCUT2D eigenvalue weighted by Gasteiger charge is 2.57. The molecule has 5 aliphatic rings. The molecule has 3 aliphatic carbocycles. The van der Waals surface area contributed by atoms with Crippen LogP contribution in [-0.4, -0.2) is 49.9 Å². The number of hydrogen-bond acceptors (Lipinski definition) is 7. The number of amides is 1. The maximum atomic E-state index is 14.0. The monoisotopic (exact) mass is 585 g/mol. The van der Waals surface area contributed by atoms with Crippen LogP contribution in [0, 0.1) is 23.6 Å². The number of aliphatic hydroxyl groups is 1. The number of fused-ring (bicyclic) bond motifs is 6. The second-order valence-corrected chi connectivity index (χ2v) is 15.4. The van der Waals surface area contributed by atoms with Crippen molar-refractivity contribution in [3.8, 4) is 0 Å². The van der Waals surface area contributed by atoms with Crippen molar-refractivity contribution in [2.24, 2.45) is 22.2 Å². The van der Waals surface area contributed by atoms with Crippen molar-refractivity contribution in [1.82, 2.24) is 4.90 Å². The third-order valence-electron chi connectivity index (χ3n) is 8.97. The first-order chi connectivity index (χ1) is 19.0. The van der Waals surface area contributed by atoms with Gasteiger partial charge in [0.1, 0.15) is 22.0 Å². The zero-order chi connectivity index (χ0) is 28.0. The molecule has 2 unspecified atom stereocenters. The Hall–Kier alpha value is -3.25. The Bertz CT molecular complexity index is 1710. The SMILES string of the molecule is O=C1C(C2=NS(=O)(=O)c3cc(CS(=O)(=O)C4CC4)ccc3N2)=C(O)C2C([C@@H]3CC[C@H]2C3)N1Cc1ccc(F)cc1. The van der Waals surface area contributed by atoms with Crippen LogP contribution < -0.4 is 5.32 Å². The number of nitrogens with one attached hydrogen (secondary N) is 1. The second kappa shape index (κ2) is 8.87. The molecule has 0 aromatic heterocycles. The largest absolute Gasteiger partial charge is 0.511 e. The predicted octanol–water partition coefficient (Wildman–Crippen LogP) is 3.68. The summed E-state index contributed by atoms with van der Waals surface area (Å²) < 4.78 is 69.0. The van der Waals surface area contributed by atoms with Gasteiger partial charge in [-0.3, -0.25) is 4.79 Å². The molecule has 9 nitrogen and oxygen atoms in total. The number of carbonyl (C=O) groups is 1. The molecule has 2 bridgehead atoms.